The van der Waals surface area contributed by atoms with Gasteiger partial charge in [-0.2, -0.15) is 0 Å². The molecule has 2 atom stereocenters. The van der Waals surface area contributed by atoms with Crippen molar-refractivity contribution in [2.75, 3.05) is 26.7 Å². The molecule has 0 amide bonds. The summed E-state index contributed by atoms with van der Waals surface area (Å²) in [6, 6.07) is 21.7. The van der Waals surface area contributed by atoms with Gasteiger partial charge in [0.1, 0.15) is 6.54 Å². The predicted molar refractivity (Wildman–Crippen MR) is 122 cm³/mol. The molecule has 0 saturated carbocycles. The van der Waals surface area contributed by atoms with Gasteiger partial charge in [0.15, 0.2) is 6.10 Å². The third-order valence-corrected chi connectivity index (χ3v) is 6.48. The Kier molecular flexibility index (Phi) is 6.68. The van der Waals surface area contributed by atoms with Crippen LogP contribution in [0.1, 0.15) is 29.5 Å². The highest BCUT2D eigenvalue weighted by Crippen LogP contribution is 2.30. The highest BCUT2D eigenvalue weighted by Gasteiger charge is 2.37. The van der Waals surface area contributed by atoms with Crippen LogP contribution in [0.25, 0.3) is 0 Å². The molecule has 1 saturated heterocycles. The molecule has 3 aromatic rings. The SMILES string of the molecule is C[N@+]1(CCc2ccncc2)CCCC(OC(=O)C([O-])(c2ccccc2)c2ccccc2)C1. The number of hydrogen-bond donors (Lipinski definition) is 0. The smallest absolute Gasteiger partial charge is 0.304 e. The van der Waals surface area contributed by atoms with E-state index in [9.17, 15) is 9.90 Å². The second kappa shape index (κ2) is 9.63. The molecule has 2 aromatic carbocycles. The molecule has 0 N–H and O–H groups in total. The van der Waals surface area contributed by atoms with Gasteiger partial charge in [0.25, 0.3) is 0 Å². The van der Waals surface area contributed by atoms with E-state index in [1.165, 1.54) is 5.56 Å². The van der Waals surface area contributed by atoms with Crippen LogP contribution < -0.4 is 5.11 Å². The summed E-state index contributed by atoms with van der Waals surface area (Å²) in [5.41, 5.74) is -0.0190. The van der Waals surface area contributed by atoms with Gasteiger partial charge in [-0.05, 0) is 35.2 Å². The number of nitrogens with zero attached hydrogens (tertiary/aromatic N) is 2. The van der Waals surface area contributed by atoms with Gasteiger partial charge in [-0.25, -0.2) is 0 Å². The summed E-state index contributed by atoms with van der Waals surface area (Å²) >= 11 is 0. The van der Waals surface area contributed by atoms with Gasteiger partial charge >= 0.3 is 5.97 Å². The quantitative estimate of drug-likeness (QED) is 0.427. The highest BCUT2D eigenvalue weighted by molar-refractivity contribution is 5.85. The first-order valence-electron chi connectivity index (χ1n) is 11.2. The van der Waals surface area contributed by atoms with Crippen LogP contribution in [0.3, 0.4) is 0 Å². The van der Waals surface area contributed by atoms with Crippen molar-refractivity contribution < 1.29 is 19.1 Å². The Labute approximate surface area is 189 Å². The molecular formula is C27H30N2O3. The number of rotatable bonds is 7. The summed E-state index contributed by atoms with van der Waals surface area (Å²) in [6.45, 7) is 2.72. The molecule has 0 spiro atoms. The van der Waals surface area contributed by atoms with Gasteiger partial charge in [-0.15, -0.1) is 0 Å². The number of piperidine rings is 1. The molecule has 5 nitrogen and oxygen atoms in total. The Hall–Kier alpha value is -3.02. The molecule has 0 bridgehead atoms. The molecular weight excluding hydrogens is 400 g/mol. The van der Waals surface area contributed by atoms with Crippen molar-refractivity contribution in [2.45, 2.75) is 31.0 Å². The lowest BCUT2D eigenvalue weighted by Gasteiger charge is -2.44. The highest BCUT2D eigenvalue weighted by atomic mass is 16.6. The first-order valence-corrected chi connectivity index (χ1v) is 11.2. The van der Waals surface area contributed by atoms with Crippen molar-refractivity contribution in [3.05, 3.63) is 102 Å². The van der Waals surface area contributed by atoms with Gasteiger partial charge in [0, 0.05) is 30.8 Å². The van der Waals surface area contributed by atoms with Crippen LogP contribution in [0.2, 0.25) is 0 Å². The van der Waals surface area contributed by atoms with Gasteiger partial charge in [0.2, 0.25) is 0 Å². The van der Waals surface area contributed by atoms with Crippen LogP contribution in [-0.4, -0.2) is 48.2 Å². The lowest BCUT2D eigenvalue weighted by Crippen LogP contribution is -2.57. The average Bonchev–Trinajstić information content (AvgIpc) is 2.84. The Morgan fingerprint density at radius 1 is 1.03 bits per heavy atom. The van der Waals surface area contributed by atoms with Gasteiger partial charge in [-0.1, -0.05) is 60.7 Å². The van der Waals surface area contributed by atoms with E-state index in [1.807, 2.05) is 36.7 Å². The van der Waals surface area contributed by atoms with Crippen molar-refractivity contribution in [1.29, 1.82) is 0 Å². The third-order valence-electron chi connectivity index (χ3n) is 6.48. The van der Waals surface area contributed by atoms with Crippen molar-refractivity contribution in [3.8, 4) is 0 Å². The van der Waals surface area contributed by atoms with Gasteiger partial charge < -0.3 is 14.3 Å². The zero-order valence-corrected chi connectivity index (χ0v) is 18.5. The molecule has 0 radical (unpaired) electrons. The minimum absolute atomic E-state index is 0.264. The number of esters is 1. The zero-order chi connectivity index (χ0) is 22.4. The van der Waals surface area contributed by atoms with E-state index in [0.29, 0.717) is 11.1 Å². The number of carbonyl (C=O) groups is 1. The number of pyridine rings is 1. The normalized spacial score (nSPS) is 21.1. The molecule has 32 heavy (non-hydrogen) atoms. The van der Waals surface area contributed by atoms with Gasteiger partial charge in [0.05, 0.1) is 20.1 Å². The monoisotopic (exact) mass is 430 g/mol. The topological polar surface area (TPSA) is 62.2 Å². The Balaban J connectivity index is 1.49. The van der Waals surface area contributed by atoms with Crippen LogP contribution in [0.5, 0.6) is 0 Å². The Morgan fingerprint density at radius 2 is 1.62 bits per heavy atom. The minimum atomic E-state index is -2.08. The van der Waals surface area contributed by atoms with E-state index >= 15 is 0 Å². The minimum Gasteiger partial charge on any atom is -0.834 e. The number of hydrogen-bond acceptors (Lipinski definition) is 4. The summed E-state index contributed by atoms with van der Waals surface area (Å²) in [7, 11) is 2.21. The van der Waals surface area contributed by atoms with Crippen LogP contribution in [-0.2, 0) is 21.6 Å². The first-order chi connectivity index (χ1) is 15.5. The zero-order valence-electron chi connectivity index (χ0n) is 18.5. The number of benzene rings is 2. The molecule has 1 aliphatic rings. The fourth-order valence-electron chi connectivity index (χ4n) is 4.61. The van der Waals surface area contributed by atoms with Crippen LogP contribution in [0, 0.1) is 0 Å². The molecule has 1 aliphatic heterocycles. The maximum Gasteiger partial charge on any atom is 0.304 e. The Morgan fingerprint density at radius 3 is 2.22 bits per heavy atom. The second-order valence-electron chi connectivity index (χ2n) is 8.94. The molecule has 4 rings (SSSR count). The molecule has 1 fully saturated rings. The van der Waals surface area contributed by atoms with E-state index in [0.717, 1.165) is 43.4 Å². The van der Waals surface area contributed by atoms with Crippen LogP contribution >= 0.6 is 0 Å². The second-order valence-corrected chi connectivity index (χ2v) is 8.94. The number of likely N-dealkylation sites (N-methyl/N-ethyl adjacent to an activating group) is 1. The maximum absolute atomic E-state index is 14.1. The molecule has 2 heterocycles. The molecule has 166 valence electrons. The fraction of sp³-hybridized carbons (Fsp3) is 0.333. The van der Waals surface area contributed by atoms with Crippen molar-refractivity contribution in [3.63, 3.8) is 0 Å². The summed E-state index contributed by atoms with van der Waals surface area (Å²) in [6.07, 6.45) is 6.06. The standard InChI is InChI=1S/C27H30N2O3/c1-29(20-16-22-14-17-28-18-15-22)19-8-13-25(21-29)32-26(30)27(31,23-9-4-2-5-10-23)24-11-6-3-7-12-24/h2-7,9-12,14-15,17-18,25H,8,13,16,19-21H2,1H3/t25?,29-/m1/s1. The van der Waals surface area contributed by atoms with Crippen molar-refractivity contribution in [2.24, 2.45) is 0 Å². The number of carbonyl (C=O) groups excluding carboxylic acids is 1. The number of likely N-dealkylation sites (tertiary alicyclic amines) is 1. The lowest BCUT2D eigenvalue weighted by molar-refractivity contribution is -0.916. The van der Waals surface area contributed by atoms with E-state index in [1.54, 1.807) is 48.5 Å². The number of ether oxygens (including phenoxy) is 1. The summed E-state index contributed by atoms with van der Waals surface area (Å²) in [5, 5.41) is 14.1. The number of aromatic nitrogens is 1. The fourth-order valence-corrected chi connectivity index (χ4v) is 4.61. The lowest BCUT2D eigenvalue weighted by atomic mass is 9.86. The molecule has 1 unspecified atom stereocenters. The van der Waals surface area contributed by atoms with Crippen LogP contribution in [0.15, 0.2) is 85.2 Å². The van der Waals surface area contributed by atoms with E-state index in [-0.39, 0.29) is 6.10 Å². The van der Waals surface area contributed by atoms with E-state index in [4.69, 9.17) is 4.74 Å². The predicted octanol–water partition coefficient (Wildman–Crippen LogP) is 3.08. The molecule has 1 aromatic heterocycles. The first kappa shape index (κ1) is 22.2. The maximum atomic E-state index is 14.1. The van der Waals surface area contributed by atoms with Crippen molar-refractivity contribution in [1.82, 2.24) is 4.98 Å². The molecule has 0 aliphatic carbocycles. The third kappa shape index (κ3) is 4.90. The van der Waals surface area contributed by atoms with Gasteiger partial charge in [-0.3, -0.25) is 9.78 Å². The molecule has 5 heteroatoms. The summed E-state index contributed by atoms with van der Waals surface area (Å²) < 4.78 is 6.76. The number of quaternary nitrogens is 1. The average molecular weight is 431 g/mol. The largest absolute Gasteiger partial charge is 0.834 e. The summed E-state index contributed by atoms with van der Waals surface area (Å²) in [4.78, 5) is 17.5. The van der Waals surface area contributed by atoms with Crippen molar-refractivity contribution >= 4 is 5.97 Å². The van der Waals surface area contributed by atoms with Crippen LogP contribution in [0.4, 0.5) is 0 Å². The Bertz CT molecular complexity index is 971. The summed E-state index contributed by atoms with van der Waals surface area (Å²) in [5.74, 6) is -0.720. The van der Waals surface area contributed by atoms with E-state index < -0.39 is 11.6 Å². The van der Waals surface area contributed by atoms with E-state index in [2.05, 4.69) is 12.0 Å².